The van der Waals surface area contributed by atoms with Gasteiger partial charge in [0.25, 0.3) is 0 Å². The van der Waals surface area contributed by atoms with E-state index in [4.69, 9.17) is 18.6 Å². The van der Waals surface area contributed by atoms with Gasteiger partial charge in [-0.2, -0.15) is 5.06 Å². The maximum absolute atomic E-state index is 14.2. The van der Waals surface area contributed by atoms with Crippen LogP contribution in [0, 0.1) is 22.7 Å². The molecule has 0 aromatic heterocycles. The predicted octanol–water partition coefficient (Wildman–Crippen LogP) is 7.98. The molecule has 9 heteroatoms. The molecule has 1 fully saturated rings. The van der Waals surface area contributed by atoms with E-state index < -0.39 is 24.3 Å². The Hall–Kier alpha value is -1.44. The number of carbonyl (C=O) groups excluding carboxylic acids is 1. The van der Waals surface area contributed by atoms with E-state index in [1.807, 2.05) is 90.8 Å². The summed E-state index contributed by atoms with van der Waals surface area (Å²) in [6.07, 6.45) is 0.639. The molecule has 1 aliphatic heterocycles. The summed E-state index contributed by atoms with van der Waals surface area (Å²) < 4.78 is 31.6. The Morgan fingerprint density at radius 1 is 0.950 bits per heavy atom. The van der Waals surface area contributed by atoms with Crippen LogP contribution in [0.15, 0.2) is 30.3 Å². The summed E-state index contributed by atoms with van der Waals surface area (Å²) in [5.41, 5.74) is 0.0857. The number of carbonyl (C=O) groups is 1. The van der Waals surface area contributed by atoms with Crippen LogP contribution in [0.5, 0.6) is 0 Å². The van der Waals surface area contributed by atoms with E-state index in [1.165, 1.54) is 0 Å². The number of hydroxylamine groups is 2. The highest BCUT2D eigenvalue weighted by atomic mass is 31.2. The van der Waals surface area contributed by atoms with Crippen molar-refractivity contribution in [3.05, 3.63) is 35.9 Å². The van der Waals surface area contributed by atoms with Crippen LogP contribution in [0.4, 0.5) is 4.79 Å². The molecule has 1 aromatic carbocycles. The van der Waals surface area contributed by atoms with Gasteiger partial charge in [-0.15, -0.1) is 0 Å². The van der Waals surface area contributed by atoms with E-state index in [-0.39, 0.29) is 43.2 Å². The number of hydrogen-bond acceptors (Lipinski definition) is 7. The van der Waals surface area contributed by atoms with Gasteiger partial charge in [-0.1, -0.05) is 71.9 Å². The summed E-state index contributed by atoms with van der Waals surface area (Å²) >= 11 is 0. The zero-order valence-corrected chi connectivity index (χ0v) is 27.8. The molecule has 0 spiro atoms. The summed E-state index contributed by atoms with van der Waals surface area (Å²) in [5, 5.41) is 1.84. The van der Waals surface area contributed by atoms with Gasteiger partial charge in [0.2, 0.25) is 0 Å². The van der Waals surface area contributed by atoms with E-state index in [2.05, 4.69) is 20.8 Å². The lowest BCUT2D eigenvalue weighted by atomic mass is 9.80. The van der Waals surface area contributed by atoms with Crippen LogP contribution >= 0.6 is 7.60 Å². The Labute approximate surface area is 243 Å². The molecule has 0 N–H and O–H groups in total. The number of likely N-dealkylation sites (tertiary alicyclic amines) is 1. The Morgan fingerprint density at radius 3 is 1.98 bits per heavy atom. The van der Waals surface area contributed by atoms with Gasteiger partial charge in [0.05, 0.1) is 19.8 Å². The molecule has 0 aliphatic carbocycles. The molecule has 1 saturated heterocycles. The van der Waals surface area contributed by atoms with E-state index in [9.17, 15) is 9.36 Å². The van der Waals surface area contributed by atoms with Crippen molar-refractivity contribution in [2.24, 2.45) is 22.7 Å². The van der Waals surface area contributed by atoms with Crippen LogP contribution in [0.1, 0.15) is 88.1 Å². The third-order valence-corrected chi connectivity index (χ3v) is 9.74. The van der Waals surface area contributed by atoms with Gasteiger partial charge in [-0.3, -0.25) is 9.40 Å². The quantitative estimate of drug-likeness (QED) is 0.183. The molecular formula is C31H55N2O6P. The second-order valence-electron chi connectivity index (χ2n) is 14.1. The first-order valence-corrected chi connectivity index (χ1v) is 16.3. The number of hydrogen-bond donors (Lipinski definition) is 0. The van der Waals surface area contributed by atoms with Crippen molar-refractivity contribution in [3.8, 4) is 0 Å². The second-order valence-corrected chi connectivity index (χ2v) is 16.2. The first-order valence-electron chi connectivity index (χ1n) is 14.7. The summed E-state index contributed by atoms with van der Waals surface area (Å²) in [6, 6.07) is 9.72. The number of ether oxygens (including phenoxy) is 1. The Bertz CT molecular complexity index is 957. The zero-order valence-electron chi connectivity index (χ0n) is 26.9. The Balaban J connectivity index is 2.28. The van der Waals surface area contributed by atoms with Crippen molar-refractivity contribution < 1.29 is 28.0 Å². The molecule has 2 rings (SSSR count). The highest BCUT2D eigenvalue weighted by molar-refractivity contribution is 7.54. The molecule has 1 aliphatic rings. The molecule has 0 bridgehead atoms. The van der Waals surface area contributed by atoms with Crippen LogP contribution < -0.4 is 0 Å². The van der Waals surface area contributed by atoms with Crippen molar-refractivity contribution in [1.82, 2.24) is 9.96 Å². The average molecular weight is 583 g/mol. The minimum absolute atomic E-state index is 0.0875. The second kappa shape index (κ2) is 14.2. The van der Waals surface area contributed by atoms with Crippen molar-refractivity contribution in [1.29, 1.82) is 0 Å². The van der Waals surface area contributed by atoms with Gasteiger partial charge in [0.15, 0.2) is 0 Å². The highest BCUT2D eigenvalue weighted by Gasteiger charge is 2.51. The summed E-state index contributed by atoms with van der Waals surface area (Å²) in [5.74, 6) is -0.299. The average Bonchev–Trinajstić information content (AvgIpc) is 3.20. The molecule has 230 valence electrons. The maximum Gasteiger partial charge on any atom is 0.410 e. The van der Waals surface area contributed by atoms with Gasteiger partial charge in [-0.05, 0) is 63.4 Å². The van der Waals surface area contributed by atoms with E-state index in [0.717, 1.165) is 12.0 Å². The molecule has 40 heavy (non-hydrogen) atoms. The topological polar surface area (TPSA) is 77.5 Å². The van der Waals surface area contributed by atoms with Crippen LogP contribution in [0.2, 0.25) is 0 Å². The van der Waals surface area contributed by atoms with Gasteiger partial charge in [-0.25, -0.2) is 4.79 Å². The van der Waals surface area contributed by atoms with E-state index >= 15 is 0 Å². The first-order chi connectivity index (χ1) is 18.4. The zero-order chi connectivity index (χ0) is 30.4. The predicted molar refractivity (Wildman–Crippen MR) is 161 cm³/mol. The number of rotatable bonds is 12. The summed E-state index contributed by atoms with van der Waals surface area (Å²) in [6.45, 7) is 24.9. The fourth-order valence-corrected chi connectivity index (χ4v) is 8.10. The van der Waals surface area contributed by atoms with E-state index in [0.29, 0.717) is 19.7 Å². The minimum atomic E-state index is -3.56. The number of benzene rings is 1. The van der Waals surface area contributed by atoms with Crippen molar-refractivity contribution in [3.63, 3.8) is 0 Å². The van der Waals surface area contributed by atoms with Crippen LogP contribution in [-0.2, 0) is 29.8 Å². The lowest BCUT2D eigenvalue weighted by molar-refractivity contribution is -0.245. The van der Waals surface area contributed by atoms with Crippen molar-refractivity contribution >= 4 is 13.7 Å². The summed E-state index contributed by atoms with van der Waals surface area (Å²) in [4.78, 5) is 21.5. The van der Waals surface area contributed by atoms with Crippen LogP contribution in [0.3, 0.4) is 0 Å². The van der Waals surface area contributed by atoms with Gasteiger partial charge in [0.1, 0.15) is 12.4 Å². The third kappa shape index (κ3) is 10.1. The van der Waals surface area contributed by atoms with Crippen LogP contribution in [-0.4, -0.2) is 60.3 Å². The molecular weight excluding hydrogens is 527 g/mol. The largest absolute Gasteiger partial charge is 0.445 e. The maximum atomic E-state index is 14.2. The van der Waals surface area contributed by atoms with Gasteiger partial charge < -0.3 is 18.7 Å². The van der Waals surface area contributed by atoms with Gasteiger partial charge >= 0.3 is 13.7 Å². The Kier molecular flexibility index (Phi) is 12.3. The standard InChI is InChI=1S/C31H55N2O6P/c1-12-38-40(35,39-13-2)27(30(6,7)8)33(31(9,10)11)37-23-26-21-32(20-25(26)19-29(3,4)5)28(34)36-22-24-17-15-14-16-18-24/h14-18,25-27H,12-13,19-23H2,1-11H3/t25-,26-,27?/m1/s1. The smallest absolute Gasteiger partial charge is 0.410 e. The third-order valence-electron chi connectivity index (χ3n) is 6.92. The molecule has 0 saturated carbocycles. The lowest BCUT2D eigenvalue weighted by Crippen LogP contribution is -2.54. The van der Waals surface area contributed by atoms with Crippen molar-refractivity contribution in [2.45, 2.75) is 101 Å². The van der Waals surface area contributed by atoms with E-state index in [1.54, 1.807) is 4.90 Å². The first kappa shape index (κ1) is 34.8. The molecule has 3 atom stereocenters. The minimum Gasteiger partial charge on any atom is -0.445 e. The molecule has 8 nitrogen and oxygen atoms in total. The molecule has 0 radical (unpaired) electrons. The fraction of sp³-hybridized carbons (Fsp3) is 0.774. The van der Waals surface area contributed by atoms with Crippen LogP contribution in [0.25, 0.3) is 0 Å². The fourth-order valence-electron chi connectivity index (χ4n) is 5.41. The monoisotopic (exact) mass is 582 g/mol. The number of nitrogens with zero attached hydrogens (tertiary/aromatic N) is 2. The molecule has 1 heterocycles. The Morgan fingerprint density at radius 2 is 1.50 bits per heavy atom. The normalized spacial score (nSPS) is 19.8. The highest BCUT2D eigenvalue weighted by Crippen LogP contribution is 2.60. The molecule has 1 unspecified atom stereocenters. The lowest BCUT2D eigenvalue weighted by Gasteiger charge is -2.47. The van der Waals surface area contributed by atoms with Crippen molar-refractivity contribution in [2.75, 3.05) is 32.9 Å². The SMILES string of the molecule is CCOP(=O)(OCC)C(N(OC[C@H]1CN(C(=O)OCc2ccccc2)C[C@H]1CC(C)(C)C)C(C)(C)C)C(C)(C)C. The van der Waals surface area contributed by atoms with Gasteiger partial charge in [0, 0.05) is 24.5 Å². The number of amides is 1. The molecule has 1 amide bonds. The summed E-state index contributed by atoms with van der Waals surface area (Å²) in [7, 11) is -3.56. The molecule has 1 aromatic rings.